The van der Waals surface area contributed by atoms with Gasteiger partial charge in [-0.3, -0.25) is 0 Å². The zero-order valence-corrected chi connectivity index (χ0v) is 56.4. The van der Waals surface area contributed by atoms with Crippen molar-refractivity contribution in [3.05, 3.63) is 0 Å². The smallest absolute Gasteiger partial charge is 0.427 e. The summed E-state index contributed by atoms with van der Waals surface area (Å²) in [7, 11) is -17.4. The van der Waals surface area contributed by atoms with Crippen molar-refractivity contribution in [1.29, 1.82) is 31.6 Å². The molecule has 42 nitrogen and oxygen atoms in total. The number of terminal acetylenes is 6. The molecule has 0 aliphatic rings. The van der Waals surface area contributed by atoms with E-state index < -0.39 is 139 Å². The van der Waals surface area contributed by atoms with Crippen molar-refractivity contribution in [1.82, 2.24) is 0 Å². The largest absolute Gasteiger partial charge is 0.470 e. The van der Waals surface area contributed by atoms with Gasteiger partial charge >= 0.3 is 85.4 Å². The van der Waals surface area contributed by atoms with Gasteiger partial charge in [0.2, 0.25) is 0 Å². The fourth-order valence-corrected chi connectivity index (χ4v) is 4.29. The summed E-state index contributed by atoms with van der Waals surface area (Å²) < 4.78 is 0. The van der Waals surface area contributed by atoms with Crippen LogP contribution >= 0.6 is 0 Å². The van der Waals surface area contributed by atoms with Gasteiger partial charge in [0.05, 0.1) is 72.1 Å². The Morgan fingerprint density at radius 2 is 0.304 bits per heavy atom. The van der Waals surface area contributed by atoms with Crippen molar-refractivity contribution in [2.24, 2.45) is 68.8 Å². The Morgan fingerprint density at radius 3 is 0.373 bits per heavy atom. The van der Waals surface area contributed by atoms with Crippen molar-refractivity contribution >= 4 is 85.4 Å². The van der Waals surface area contributed by atoms with E-state index in [1.807, 2.05) is 18.2 Å². The van der Waals surface area contributed by atoms with Gasteiger partial charge in [0.1, 0.15) is 0 Å². The Balaban J connectivity index is -0.0000000867. The normalized spacial score (nSPS) is 12.2. The topological polar surface area (TPSA) is 940 Å². The van der Waals surface area contributed by atoms with E-state index >= 15 is 0 Å². The first-order chi connectivity index (χ1) is 47.1. The van der Waals surface area contributed by atoms with Gasteiger partial charge in [-0.2, -0.15) is 31.6 Å². The first-order valence-electron chi connectivity index (χ1n) is 29.3. The molecule has 0 amide bonds. The zero-order chi connectivity index (χ0) is 83.1. The number of nitrogens with zero attached hydrogens (tertiary/aromatic N) is 6. The first kappa shape index (κ1) is 122. The molecule has 12 atom stereocenters. The van der Waals surface area contributed by atoms with Crippen molar-refractivity contribution in [2.75, 3.05) is 0 Å². The summed E-state index contributed by atoms with van der Waals surface area (Å²) in [5.41, 5.74) is 62.0. The van der Waals surface area contributed by atoms with E-state index in [4.69, 9.17) is 259 Å². The summed E-state index contributed by atoms with van der Waals surface area (Å²) in [6.45, 7) is 0. The minimum absolute atomic E-state index is 0.0301. The molecule has 0 aliphatic heterocycles. The molecule has 0 saturated heterocycles. The highest BCUT2D eigenvalue weighted by atomic mass is 16.4. The minimum Gasteiger partial charge on any atom is -0.427 e. The van der Waals surface area contributed by atoms with Crippen LogP contribution in [0.3, 0.4) is 0 Å². The van der Waals surface area contributed by atoms with E-state index in [1.165, 1.54) is 0 Å². The van der Waals surface area contributed by atoms with Crippen molar-refractivity contribution in [2.45, 2.75) is 187 Å². The van der Waals surface area contributed by atoms with Crippen LogP contribution in [0.15, 0.2) is 0 Å². The number of hydrogen-bond acceptors (Lipinski definition) is 42. The Labute approximate surface area is 601 Å². The maximum absolute atomic E-state index is 8.36. The number of rotatable bonds is 30. The molecule has 102 heavy (non-hydrogen) atoms. The van der Waals surface area contributed by atoms with E-state index in [1.54, 1.807) is 18.2 Å². The second-order valence-corrected chi connectivity index (χ2v) is 19.9. The average Bonchev–Trinajstić information content (AvgIpc) is 2.84. The Kier molecular flexibility index (Phi) is 109. The minimum atomic E-state index is -1.57. The highest BCUT2D eigenvalue weighted by molar-refractivity contribution is 6.45. The predicted octanol–water partition coefficient (Wildman–Crippen LogP) is -17.7. The average molecular weight is 1450 g/mol. The molecule has 0 bridgehead atoms. The van der Waals surface area contributed by atoms with Crippen LogP contribution in [0.2, 0.25) is 37.9 Å². The Hall–Kier alpha value is -6.36. The van der Waals surface area contributed by atoms with Crippen LogP contribution in [-0.2, 0) is 0 Å². The lowest BCUT2D eigenvalue weighted by atomic mass is 9.79. The summed E-state index contributed by atoms with van der Waals surface area (Å²) in [6, 6.07) is 8.44. The molecule has 48 N–H and O–H groups in total. The fraction of sp³-hybridized carbons (Fsp3) is 0.625. The molecule has 564 valence electrons. The molecule has 0 spiro atoms. The molecule has 0 radical (unpaired) electrons. The van der Waals surface area contributed by atoms with Crippen molar-refractivity contribution in [3.63, 3.8) is 0 Å². The summed E-state index contributed by atoms with van der Waals surface area (Å²) >= 11 is 0. The third kappa shape index (κ3) is 133. The van der Waals surface area contributed by atoms with Crippen LogP contribution in [-0.4, -0.2) is 278 Å². The summed E-state index contributed by atoms with van der Waals surface area (Å²) in [6.07, 6.45) is 31.9. The standard InChI is InChI=1S/3C5H10BNO2.3C4H9BN2O2.3C4H8BNO2.3C3H7BN2O2/c3*1-2-3-5(7)4-6(8)9;3*6-2-1-4(7)3-5(8)9;3*1-2-3-4(6)5(7)8;3*5-2-1-3(6)4(7)8/h3*1,5,8-9H,3-4,7H2;3*4,8-9H,1,3,7H2;3*1,4,7-8H,3,6H2;3*3,7-8H,1,6H2/t2*5-;;2*4-;;2*4-;;2*3-;/m10.10.10.10./s1. The fourth-order valence-electron chi connectivity index (χ4n) is 4.29. The van der Waals surface area contributed by atoms with E-state index in [0.717, 1.165) is 0 Å². The van der Waals surface area contributed by atoms with Gasteiger partial charge in [-0.1, -0.05) is 0 Å². The molecule has 0 aliphatic carbocycles. The molecule has 0 rings (SSSR count). The molecular weight excluding hydrogens is 1340 g/mol. The lowest BCUT2D eigenvalue weighted by Crippen LogP contribution is -2.38. The van der Waals surface area contributed by atoms with Gasteiger partial charge in [0.25, 0.3) is 0 Å². The predicted molar refractivity (Wildman–Crippen MR) is 389 cm³/mol. The number of hydrogen-bond donors (Lipinski definition) is 36. The summed E-state index contributed by atoms with van der Waals surface area (Å²) in [4.78, 5) is 0. The van der Waals surface area contributed by atoms with E-state index in [2.05, 4.69) is 35.5 Å². The van der Waals surface area contributed by atoms with Crippen molar-refractivity contribution in [3.8, 4) is 110 Å². The van der Waals surface area contributed by atoms with Gasteiger partial charge in [0, 0.05) is 113 Å². The van der Waals surface area contributed by atoms with E-state index in [0.29, 0.717) is 19.3 Å². The van der Waals surface area contributed by atoms with Gasteiger partial charge in [-0.15, -0.1) is 74.1 Å². The van der Waals surface area contributed by atoms with Crippen LogP contribution in [0.1, 0.15) is 77.0 Å². The quantitative estimate of drug-likeness (QED) is 0.0235. The monoisotopic (exact) mass is 1450 g/mol. The molecule has 0 aromatic heterocycles. The van der Waals surface area contributed by atoms with Crippen LogP contribution in [0.25, 0.3) is 0 Å². The second-order valence-electron chi connectivity index (χ2n) is 19.9. The number of nitrogens with two attached hydrogens (primary N) is 12. The van der Waals surface area contributed by atoms with E-state index in [-0.39, 0.29) is 114 Å². The van der Waals surface area contributed by atoms with Gasteiger partial charge < -0.3 is 189 Å². The molecule has 0 fully saturated rings. The number of nitriles is 6. The maximum Gasteiger partial charge on any atom is 0.470 e. The second kappa shape index (κ2) is 90.7. The molecular formula is C48H102B12N18O24. The molecule has 0 aromatic rings. The first-order valence-corrected chi connectivity index (χ1v) is 29.3. The molecule has 4 unspecified atom stereocenters. The highest BCUT2D eigenvalue weighted by Crippen LogP contribution is 1.99. The van der Waals surface area contributed by atoms with E-state index in [9.17, 15) is 0 Å². The maximum atomic E-state index is 8.36. The molecule has 0 heterocycles. The van der Waals surface area contributed by atoms with Crippen LogP contribution in [0.4, 0.5) is 0 Å². The molecule has 0 aromatic carbocycles. The van der Waals surface area contributed by atoms with Gasteiger partial charge in [0.15, 0.2) is 0 Å². The molecule has 0 saturated carbocycles. The van der Waals surface area contributed by atoms with Crippen LogP contribution in [0.5, 0.6) is 0 Å². The van der Waals surface area contributed by atoms with Crippen LogP contribution < -0.4 is 68.8 Å². The van der Waals surface area contributed by atoms with Crippen molar-refractivity contribution < 1.29 is 121 Å². The van der Waals surface area contributed by atoms with Crippen LogP contribution in [0, 0.1) is 142 Å². The zero-order valence-electron chi connectivity index (χ0n) is 56.4. The summed E-state index contributed by atoms with van der Waals surface area (Å²) in [5.74, 6) is 8.96. The third-order valence-corrected chi connectivity index (χ3v) is 9.62. The Morgan fingerprint density at radius 1 is 0.196 bits per heavy atom. The summed E-state index contributed by atoms with van der Waals surface area (Å²) in [5, 5.41) is 247. The lowest BCUT2D eigenvalue weighted by molar-refractivity contribution is 0.386. The Bertz CT molecular complexity index is 2010. The highest BCUT2D eigenvalue weighted by Gasteiger charge is 2.21. The van der Waals surface area contributed by atoms with Gasteiger partial charge in [-0.05, 0) is 37.9 Å². The third-order valence-electron chi connectivity index (χ3n) is 9.62. The SMILES string of the molecule is C#CCC(N)B(O)O.C#CCC(N)CB(O)O.C#CC[C@@H](N)B(O)O.C#CC[C@@H](N)CB(O)O.C#CC[C@H](N)B(O)O.C#CC[C@H](N)CB(O)O.N#CCC(N)B(O)O.N#CCC(N)CB(O)O.N#CC[C@@H](N)B(O)O.N#CC[C@@H](N)CB(O)O.N#CC[C@H](N)B(O)O.N#CC[C@H](N)CB(O)O. The van der Waals surface area contributed by atoms with Gasteiger partial charge in [-0.25, -0.2) is 0 Å². The lowest BCUT2D eigenvalue weighted by Gasteiger charge is -2.04. The molecule has 54 heteroatoms.